The number of halogens is 2. The standard InChI is InChI=1S/C10H13BrFNS/c1-10(4-8(10)12)9(13)3-7-2-6(11)5-14-7/h2,5,8-9H,3-4,13H2,1H3. The van der Waals surface area contributed by atoms with Crippen LogP contribution in [0.2, 0.25) is 0 Å². The molecule has 1 saturated carbocycles. The molecule has 0 aliphatic heterocycles. The van der Waals surface area contributed by atoms with Gasteiger partial charge in [-0.15, -0.1) is 11.3 Å². The van der Waals surface area contributed by atoms with E-state index in [1.807, 2.05) is 12.3 Å². The molecule has 0 saturated heterocycles. The zero-order valence-electron chi connectivity index (χ0n) is 7.97. The molecular formula is C10H13BrFNS. The highest BCUT2D eigenvalue weighted by Crippen LogP contribution is 2.51. The Labute approximate surface area is 95.6 Å². The van der Waals surface area contributed by atoms with Crippen LogP contribution in [0.25, 0.3) is 0 Å². The fourth-order valence-corrected chi connectivity index (χ4v) is 3.13. The Morgan fingerprint density at radius 2 is 2.50 bits per heavy atom. The molecule has 0 amide bonds. The number of hydrogen-bond acceptors (Lipinski definition) is 2. The number of hydrogen-bond donors (Lipinski definition) is 1. The van der Waals surface area contributed by atoms with E-state index in [0.717, 1.165) is 10.9 Å². The number of alkyl halides is 1. The molecule has 3 unspecified atom stereocenters. The van der Waals surface area contributed by atoms with E-state index in [4.69, 9.17) is 5.73 Å². The maximum Gasteiger partial charge on any atom is 0.108 e. The van der Waals surface area contributed by atoms with Gasteiger partial charge in [-0.1, -0.05) is 6.92 Å². The van der Waals surface area contributed by atoms with Crippen molar-refractivity contribution in [1.29, 1.82) is 0 Å². The molecule has 0 spiro atoms. The number of nitrogens with two attached hydrogens (primary N) is 1. The van der Waals surface area contributed by atoms with E-state index >= 15 is 0 Å². The van der Waals surface area contributed by atoms with Crippen molar-refractivity contribution in [2.45, 2.75) is 32.0 Å². The fraction of sp³-hybridized carbons (Fsp3) is 0.600. The van der Waals surface area contributed by atoms with Crippen LogP contribution < -0.4 is 5.73 Å². The van der Waals surface area contributed by atoms with Crippen LogP contribution in [-0.4, -0.2) is 12.2 Å². The first-order valence-electron chi connectivity index (χ1n) is 4.65. The minimum absolute atomic E-state index is 0.0527. The van der Waals surface area contributed by atoms with Crippen molar-refractivity contribution in [3.63, 3.8) is 0 Å². The summed E-state index contributed by atoms with van der Waals surface area (Å²) in [4.78, 5) is 1.23. The van der Waals surface area contributed by atoms with Gasteiger partial charge in [0, 0.05) is 26.2 Å². The summed E-state index contributed by atoms with van der Waals surface area (Å²) in [6, 6.07) is 2.01. The van der Waals surface area contributed by atoms with Crippen molar-refractivity contribution in [1.82, 2.24) is 0 Å². The summed E-state index contributed by atoms with van der Waals surface area (Å²) in [6.45, 7) is 1.94. The van der Waals surface area contributed by atoms with E-state index in [1.54, 1.807) is 11.3 Å². The van der Waals surface area contributed by atoms with Gasteiger partial charge in [-0.25, -0.2) is 4.39 Å². The Hall–Kier alpha value is 0.0700. The minimum atomic E-state index is -0.694. The maximum atomic E-state index is 13.0. The molecule has 1 aliphatic rings. The van der Waals surface area contributed by atoms with Gasteiger partial charge in [0.05, 0.1) is 0 Å². The molecule has 3 atom stereocenters. The highest BCUT2D eigenvalue weighted by Gasteiger charge is 2.54. The second kappa shape index (κ2) is 3.58. The highest BCUT2D eigenvalue weighted by atomic mass is 79.9. The van der Waals surface area contributed by atoms with Gasteiger partial charge in [0.2, 0.25) is 0 Å². The Morgan fingerprint density at radius 1 is 1.86 bits per heavy atom. The molecule has 2 rings (SSSR count). The molecule has 1 aromatic rings. The lowest BCUT2D eigenvalue weighted by Gasteiger charge is -2.17. The summed E-state index contributed by atoms with van der Waals surface area (Å²) >= 11 is 5.07. The van der Waals surface area contributed by atoms with Gasteiger partial charge >= 0.3 is 0 Å². The van der Waals surface area contributed by atoms with Crippen LogP contribution in [0.1, 0.15) is 18.2 Å². The summed E-state index contributed by atoms with van der Waals surface area (Å²) < 4.78 is 14.1. The first-order chi connectivity index (χ1) is 6.52. The molecule has 78 valence electrons. The van der Waals surface area contributed by atoms with Crippen LogP contribution >= 0.6 is 27.3 Å². The molecule has 1 heterocycles. The first kappa shape index (κ1) is 10.6. The van der Waals surface area contributed by atoms with Crippen molar-refractivity contribution < 1.29 is 4.39 Å². The van der Waals surface area contributed by atoms with Gasteiger partial charge in [-0.2, -0.15) is 0 Å². The third-order valence-electron chi connectivity index (χ3n) is 3.06. The second-order valence-electron chi connectivity index (χ2n) is 4.22. The molecule has 0 aromatic carbocycles. The third-order valence-corrected chi connectivity index (χ3v) is 4.78. The van der Waals surface area contributed by atoms with E-state index in [0.29, 0.717) is 6.42 Å². The molecule has 1 nitrogen and oxygen atoms in total. The average molecular weight is 278 g/mol. The van der Waals surface area contributed by atoms with Gasteiger partial charge in [0.1, 0.15) is 6.17 Å². The Morgan fingerprint density at radius 3 is 2.93 bits per heavy atom. The van der Waals surface area contributed by atoms with E-state index in [2.05, 4.69) is 22.0 Å². The predicted molar refractivity (Wildman–Crippen MR) is 61.3 cm³/mol. The SMILES string of the molecule is CC1(C(N)Cc2cc(Br)cs2)CC1F. The van der Waals surface area contributed by atoms with Gasteiger partial charge < -0.3 is 5.73 Å². The van der Waals surface area contributed by atoms with Crippen LogP contribution in [0.4, 0.5) is 4.39 Å². The lowest BCUT2D eigenvalue weighted by Crippen LogP contribution is -2.33. The Bertz CT molecular complexity index is 341. The quantitative estimate of drug-likeness (QED) is 0.903. The normalized spacial score (nSPS) is 33.0. The van der Waals surface area contributed by atoms with Crippen LogP contribution in [0.15, 0.2) is 15.9 Å². The van der Waals surface area contributed by atoms with E-state index in [-0.39, 0.29) is 11.5 Å². The zero-order chi connectivity index (χ0) is 10.3. The average Bonchev–Trinajstić information content (AvgIpc) is 2.56. The Balaban J connectivity index is 1.98. The lowest BCUT2D eigenvalue weighted by atomic mass is 9.96. The van der Waals surface area contributed by atoms with Gasteiger partial charge in [-0.05, 0) is 34.8 Å². The summed E-state index contributed by atoms with van der Waals surface area (Å²) in [7, 11) is 0. The molecule has 1 aromatic heterocycles. The topological polar surface area (TPSA) is 26.0 Å². The molecule has 4 heteroatoms. The van der Waals surface area contributed by atoms with Gasteiger partial charge in [-0.3, -0.25) is 0 Å². The predicted octanol–water partition coefficient (Wildman–Crippen LogP) is 3.13. The van der Waals surface area contributed by atoms with Crippen LogP contribution in [0.3, 0.4) is 0 Å². The van der Waals surface area contributed by atoms with Gasteiger partial charge in [0.25, 0.3) is 0 Å². The summed E-state index contributed by atoms with van der Waals surface area (Å²) in [6.07, 6.45) is 0.717. The number of rotatable bonds is 3. The molecule has 0 bridgehead atoms. The molecular weight excluding hydrogens is 265 g/mol. The largest absolute Gasteiger partial charge is 0.327 e. The van der Waals surface area contributed by atoms with E-state index in [9.17, 15) is 4.39 Å². The lowest BCUT2D eigenvalue weighted by molar-refractivity contribution is 0.327. The smallest absolute Gasteiger partial charge is 0.108 e. The van der Waals surface area contributed by atoms with Crippen LogP contribution in [0.5, 0.6) is 0 Å². The van der Waals surface area contributed by atoms with Gasteiger partial charge in [0.15, 0.2) is 0 Å². The fourth-order valence-electron chi connectivity index (χ4n) is 1.62. The molecule has 2 N–H and O–H groups in total. The monoisotopic (exact) mass is 277 g/mol. The summed E-state index contributed by atoms with van der Waals surface area (Å²) in [5.74, 6) is 0. The van der Waals surface area contributed by atoms with Crippen molar-refractivity contribution in [3.05, 3.63) is 20.8 Å². The number of thiophene rings is 1. The molecule has 1 fully saturated rings. The van der Waals surface area contributed by atoms with E-state index < -0.39 is 6.17 Å². The Kier molecular flexibility index (Phi) is 2.70. The van der Waals surface area contributed by atoms with Crippen molar-refractivity contribution in [3.8, 4) is 0 Å². The molecule has 1 aliphatic carbocycles. The zero-order valence-corrected chi connectivity index (χ0v) is 10.4. The maximum absolute atomic E-state index is 13.0. The summed E-state index contributed by atoms with van der Waals surface area (Å²) in [5.41, 5.74) is 5.73. The van der Waals surface area contributed by atoms with Crippen LogP contribution in [0, 0.1) is 5.41 Å². The van der Waals surface area contributed by atoms with Crippen molar-refractivity contribution in [2.24, 2.45) is 11.1 Å². The minimum Gasteiger partial charge on any atom is -0.327 e. The molecule has 14 heavy (non-hydrogen) atoms. The second-order valence-corrected chi connectivity index (χ2v) is 6.13. The first-order valence-corrected chi connectivity index (χ1v) is 6.32. The molecule has 0 radical (unpaired) electrons. The van der Waals surface area contributed by atoms with Crippen LogP contribution in [-0.2, 0) is 6.42 Å². The van der Waals surface area contributed by atoms with Crippen molar-refractivity contribution >= 4 is 27.3 Å². The third kappa shape index (κ3) is 1.88. The van der Waals surface area contributed by atoms with Crippen molar-refractivity contribution in [2.75, 3.05) is 0 Å². The highest BCUT2D eigenvalue weighted by molar-refractivity contribution is 9.10. The van der Waals surface area contributed by atoms with E-state index in [1.165, 1.54) is 4.88 Å². The summed E-state index contributed by atoms with van der Waals surface area (Å²) in [5, 5.41) is 2.03.